The molecule has 0 unspecified atom stereocenters. The normalized spacial score (nSPS) is 13.9. The summed E-state index contributed by atoms with van der Waals surface area (Å²) in [6, 6.07) is 14.0. The maximum atomic E-state index is 13.0. The van der Waals surface area contributed by atoms with Gasteiger partial charge in [0.05, 0.1) is 18.4 Å². The molecule has 0 aromatic heterocycles. The Bertz CT molecular complexity index is 875. The van der Waals surface area contributed by atoms with Crippen LogP contribution in [-0.2, 0) is 0 Å². The van der Waals surface area contributed by atoms with Crippen LogP contribution < -0.4 is 15.4 Å². The molecule has 0 bridgehead atoms. The topological polar surface area (TPSA) is 70.7 Å². The van der Waals surface area contributed by atoms with Crippen LogP contribution in [0.3, 0.4) is 0 Å². The number of carbonyl (C=O) groups excluding carboxylic acids is 2. The average molecular weight is 412 g/mol. The van der Waals surface area contributed by atoms with E-state index in [1.54, 1.807) is 43.5 Å². The number of methoxy groups -OCH3 is 1. The van der Waals surface area contributed by atoms with Gasteiger partial charge in [-0.15, -0.1) is 0 Å². The van der Waals surface area contributed by atoms with Crippen LogP contribution in [-0.4, -0.2) is 42.0 Å². The number of ether oxygens (including phenoxy) is 1. The number of benzene rings is 2. The highest BCUT2D eigenvalue weighted by atomic mass is 32.1. The molecule has 1 aliphatic heterocycles. The third-order valence-corrected chi connectivity index (χ3v) is 5.08. The lowest BCUT2D eigenvalue weighted by Crippen LogP contribution is -2.36. The van der Waals surface area contributed by atoms with Gasteiger partial charge in [-0.05, 0) is 61.5 Å². The Morgan fingerprint density at radius 2 is 1.62 bits per heavy atom. The predicted molar refractivity (Wildman–Crippen MR) is 117 cm³/mol. The number of nitrogens with one attached hydrogen (secondary N) is 2. The van der Waals surface area contributed by atoms with Gasteiger partial charge in [-0.25, -0.2) is 0 Å². The molecule has 7 heteroatoms. The summed E-state index contributed by atoms with van der Waals surface area (Å²) in [4.78, 5) is 27.3. The molecule has 152 valence electrons. The standard InChI is InChI=1S/C22H25N3O3S/c1-28-17-12-10-16(11-13-17)20(26)24-22(29)23-19-9-5-4-8-18(19)21(27)25-14-6-2-3-7-15-25/h4-5,8-13H,2-3,6-7,14-15H2,1H3,(H2,23,24,26,29). The number of carbonyl (C=O) groups is 2. The molecular weight excluding hydrogens is 386 g/mol. The molecule has 0 radical (unpaired) electrons. The summed E-state index contributed by atoms with van der Waals surface area (Å²) in [5.74, 6) is 0.323. The van der Waals surface area contributed by atoms with E-state index in [-0.39, 0.29) is 16.9 Å². The fraction of sp³-hybridized carbons (Fsp3) is 0.318. The summed E-state index contributed by atoms with van der Waals surface area (Å²) in [6.45, 7) is 1.54. The average Bonchev–Trinajstić information content (AvgIpc) is 3.03. The van der Waals surface area contributed by atoms with Gasteiger partial charge in [0, 0.05) is 18.7 Å². The van der Waals surface area contributed by atoms with Gasteiger partial charge in [-0.1, -0.05) is 25.0 Å². The number of rotatable bonds is 4. The largest absolute Gasteiger partial charge is 0.497 e. The Hall–Kier alpha value is -2.93. The number of para-hydroxylation sites is 1. The molecule has 3 rings (SSSR count). The minimum atomic E-state index is -0.332. The maximum absolute atomic E-state index is 13.0. The highest BCUT2D eigenvalue weighted by Crippen LogP contribution is 2.20. The first kappa shape index (κ1) is 20.8. The van der Waals surface area contributed by atoms with E-state index in [1.807, 2.05) is 17.0 Å². The molecule has 0 atom stereocenters. The summed E-state index contributed by atoms with van der Waals surface area (Å²) >= 11 is 5.29. The highest BCUT2D eigenvalue weighted by Gasteiger charge is 2.20. The van der Waals surface area contributed by atoms with Gasteiger partial charge in [-0.3, -0.25) is 14.9 Å². The van der Waals surface area contributed by atoms with Gasteiger partial charge < -0.3 is 15.0 Å². The molecule has 29 heavy (non-hydrogen) atoms. The molecule has 2 aromatic rings. The second-order valence-electron chi connectivity index (χ2n) is 6.89. The van der Waals surface area contributed by atoms with E-state index in [4.69, 9.17) is 17.0 Å². The van der Waals surface area contributed by atoms with Crippen molar-refractivity contribution in [3.05, 3.63) is 59.7 Å². The Morgan fingerprint density at radius 3 is 2.28 bits per heavy atom. The van der Waals surface area contributed by atoms with E-state index in [1.165, 1.54) is 0 Å². The molecule has 1 aliphatic rings. The van der Waals surface area contributed by atoms with Gasteiger partial charge in [0.2, 0.25) is 0 Å². The van der Waals surface area contributed by atoms with E-state index in [9.17, 15) is 9.59 Å². The summed E-state index contributed by atoms with van der Waals surface area (Å²) in [7, 11) is 1.57. The number of hydrogen-bond donors (Lipinski definition) is 2. The van der Waals surface area contributed by atoms with E-state index < -0.39 is 0 Å². The Morgan fingerprint density at radius 1 is 0.966 bits per heavy atom. The van der Waals surface area contributed by atoms with Gasteiger partial charge in [0.1, 0.15) is 5.75 Å². The van der Waals surface area contributed by atoms with Crippen LogP contribution in [0.15, 0.2) is 48.5 Å². The lowest BCUT2D eigenvalue weighted by atomic mass is 10.1. The summed E-state index contributed by atoms with van der Waals surface area (Å²) in [6.07, 6.45) is 4.37. The first-order chi connectivity index (χ1) is 14.1. The smallest absolute Gasteiger partial charge is 0.257 e. The van der Waals surface area contributed by atoms with Gasteiger partial charge in [0.25, 0.3) is 11.8 Å². The van der Waals surface area contributed by atoms with E-state index in [2.05, 4.69) is 10.6 Å². The number of thiocarbonyl (C=S) groups is 1. The number of likely N-dealkylation sites (tertiary alicyclic amines) is 1. The minimum absolute atomic E-state index is 0.0146. The van der Waals surface area contributed by atoms with Crippen LogP contribution in [0.1, 0.15) is 46.4 Å². The van der Waals surface area contributed by atoms with Crippen molar-refractivity contribution < 1.29 is 14.3 Å². The van der Waals surface area contributed by atoms with Crippen molar-refractivity contribution in [3.63, 3.8) is 0 Å². The molecule has 1 saturated heterocycles. The van der Waals surface area contributed by atoms with Crippen molar-refractivity contribution in [2.45, 2.75) is 25.7 Å². The van der Waals surface area contributed by atoms with Crippen LogP contribution in [0, 0.1) is 0 Å². The third kappa shape index (κ3) is 5.54. The van der Waals surface area contributed by atoms with Crippen molar-refractivity contribution in [3.8, 4) is 5.75 Å². The van der Waals surface area contributed by atoms with Gasteiger partial charge >= 0.3 is 0 Å². The van der Waals surface area contributed by atoms with Crippen LogP contribution in [0.5, 0.6) is 5.75 Å². The summed E-state index contributed by atoms with van der Waals surface area (Å²) in [5, 5.41) is 5.79. The van der Waals surface area contributed by atoms with E-state index in [0.29, 0.717) is 22.6 Å². The van der Waals surface area contributed by atoms with Gasteiger partial charge in [0.15, 0.2) is 5.11 Å². The van der Waals surface area contributed by atoms with Crippen molar-refractivity contribution in [2.75, 3.05) is 25.5 Å². The quantitative estimate of drug-likeness (QED) is 0.748. The fourth-order valence-corrected chi connectivity index (χ4v) is 3.50. The molecule has 2 amide bonds. The van der Waals surface area contributed by atoms with Crippen molar-refractivity contribution in [2.24, 2.45) is 0 Å². The monoisotopic (exact) mass is 411 g/mol. The molecule has 1 fully saturated rings. The number of nitrogens with zero attached hydrogens (tertiary/aromatic N) is 1. The number of anilines is 1. The van der Waals surface area contributed by atoms with Crippen LogP contribution in [0.2, 0.25) is 0 Å². The highest BCUT2D eigenvalue weighted by molar-refractivity contribution is 7.80. The lowest BCUT2D eigenvalue weighted by Gasteiger charge is -2.22. The SMILES string of the molecule is COc1ccc(C(=O)NC(=S)Nc2ccccc2C(=O)N2CCCCCC2)cc1. The number of hydrogen-bond acceptors (Lipinski definition) is 4. The number of amides is 2. The molecule has 6 nitrogen and oxygen atoms in total. The molecule has 2 aromatic carbocycles. The Kier molecular flexibility index (Phi) is 7.19. The van der Waals surface area contributed by atoms with Crippen molar-refractivity contribution >= 4 is 34.8 Å². The van der Waals surface area contributed by atoms with E-state index >= 15 is 0 Å². The second kappa shape index (κ2) is 10.0. The maximum Gasteiger partial charge on any atom is 0.257 e. The molecule has 0 aliphatic carbocycles. The zero-order valence-corrected chi connectivity index (χ0v) is 17.3. The summed E-state index contributed by atoms with van der Waals surface area (Å²) < 4.78 is 5.10. The first-order valence-corrected chi connectivity index (χ1v) is 10.1. The van der Waals surface area contributed by atoms with Gasteiger partial charge in [-0.2, -0.15) is 0 Å². The molecule has 2 N–H and O–H groups in total. The fourth-order valence-electron chi connectivity index (χ4n) is 3.29. The molecular formula is C22H25N3O3S. The first-order valence-electron chi connectivity index (χ1n) is 9.73. The molecule has 1 heterocycles. The zero-order chi connectivity index (χ0) is 20.6. The Labute approximate surface area is 176 Å². The zero-order valence-electron chi connectivity index (χ0n) is 16.4. The Balaban J connectivity index is 1.67. The van der Waals surface area contributed by atoms with Crippen LogP contribution in [0.25, 0.3) is 0 Å². The summed E-state index contributed by atoms with van der Waals surface area (Å²) in [5.41, 5.74) is 1.60. The molecule has 0 saturated carbocycles. The van der Waals surface area contributed by atoms with E-state index in [0.717, 1.165) is 38.8 Å². The third-order valence-electron chi connectivity index (χ3n) is 4.88. The second-order valence-corrected chi connectivity index (χ2v) is 7.30. The minimum Gasteiger partial charge on any atom is -0.497 e. The van der Waals surface area contributed by atoms with Crippen molar-refractivity contribution in [1.82, 2.24) is 10.2 Å². The van der Waals surface area contributed by atoms with Crippen LogP contribution >= 0.6 is 12.2 Å². The predicted octanol–water partition coefficient (Wildman–Crippen LogP) is 3.84. The van der Waals surface area contributed by atoms with Crippen LogP contribution in [0.4, 0.5) is 5.69 Å². The van der Waals surface area contributed by atoms with Crippen molar-refractivity contribution in [1.29, 1.82) is 0 Å². The molecule has 0 spiro atoms. The lowest BCUT2D eigenvalue weighted by molar-refractivity contribution is 0.0762.